The Morgan fingerprint density at radius 2 is 1.89 bits per heavy atom. The summed E-state index contributed by atoms with van der Waals surface area (Å²) in [5, 5.41) is 14.5. The molecule has 0 saturated heterocycles. The number of carbonyl (C=O) groups is 1. The van der Waals surface area contributed by atoms with Crippen molar-refractivity contribution < 1.29 is 9.72 Å². The minimum Gasteiger partial charge on any atom is -0.305 e. The molecule has 0 radical (unpaired) electrons. The van der Waals surface area contributed by atoms with Crippen LogP contribution < -0.4 is 27.0 Å². The molecule has 3 aromatic rings. The second-order valence-electron chi connectivity index (χ2n) is 5.95. The van der Waals surface area contributed by atoms with Gasteiger partial charge in [-0.25, -0.2) is 4.68 Å². The van der Waals surface area contributed by atoms with E-state index in [1.807, 2.05) is 25.1 Å². The minimum atomic E-state index is -0.705. The summed E-state index contributed by atoms with van der Waals surface area (Å²) in [5.41, 5.74) is 5.63. The van der Waals surface area contributed by atoms with Crippen molar-refractivity contribution in [2.45, 2.75) is 6.92 Å². The van der Waals surface area contributed by atoms with Crippen LogP contribution in [0.3, 0.4) is 0 Å². The van der Waals surface area contributed by atoms with Gasteiger partial charge in [-0.1, -0.05) is 36.9 Å². The third-order valence-corrected chi connectivity index (χ3v) is 4.11. The van der Waals surface area contributed by atoms with E-state index in [-0.39, 0.29) is 22.0 Å². The Bertz CT molecular complexity index is 1230. The van der Waals surface area contributed by atoms with Crippen molar-refractivity contribution in [3.8, 4) is 5.69 Å². The van der Waals surface area contributed by atoms with Crippen molar-refractivity contribution in [3.05, 3.63) is 90.7 Å². The van der Waals surface area contributed by atoms with E-state index in [1.165, 1.54) is 35.1 Å². The van der Waals surface area contributed by atoms with Crippen molar-refractivity contribution in [2.75, 3.05) is 0 Å². The van der Waals surface area contributed by atoms with Crippen LogP contribution in [0.25, 0.3) is 18.5 Å². The summed E-state index contributed by atoms with van der Waals surface area (Å²) >= 11 is 0. The lowest BCUT2D eigenvalue weighted by atomic mass is 10.2. The third kappa shape index (κ3) is 3.54. The minimum absolute atomic E-state index is 0.102. The summed E-state index contributed by atoms with van der Waals surface area (Å²) in [4.78, 5) is 35.2. The average molecular weight is 379 g/mol. The Morgan fingerprint density at radius 3 is 2.61 bits per heavy atom. The van der Waals surface area contributed by atoms with Crippen LogP contribution in [0.4, 0.5) is 5.69 Å². The molecule has 3 rings (SSSR count). The van der Waals surface area contributed by atoms with Gasteiger partial charge in [-0.15, -0.1) is 0 Å². The van der Waals surface area contributed by atoms with Gasteiger partial charge in [-0.3, -0.25) is 30.2 Å². The van der Waals surface area contributed by atoms with Crippen LogP contribution >= 0.6 is 0 Å². The Kier molecular flexibility index (Phi) is 5.07. The van der Waals surface area contributed by atoms with Gasteiger partial charge in [0.25, 0.3) is 17.2 Å². The highest BCUT2D eigenvalue weighted by Gasteiger charge is 2.18. The largest absolute Gasteiger partial charge is 0.305 e. The van der Waals surface area contributed by atoms with Crippen molar-refractivity contribution >= 4 is 24.4 Å². The van der Waals surface area contributed by atoms with Crippen LogP contribution in [0, 0.1) is 17.0 Å². The highest BCUT2D eigenvalue weighted by molar-refractivity contribution is 5.97. The summed E-state index contributed by atoms with van der Waals surface area (Å²) in [6.45, 7) is 5.68. The van der Waals surface area contributed by atoms with E-state index >= 15 is 0 Å². The zero-order valence-electron chi connectivity index (χ0n) is 14.9. The van der Waals surface area contributed by atoms with Gasteiger partial charge < -0.3 is 5.43 Å². The quantitative estimate of drug-likeness (QED) is 0.439. The number of rotatable bonds is 5. The van der Waals surface area contributed by atoms with Crippen molar-refractivity contribution in [2.24, 2.45) is 0 Å². The van der Waals surface area contributed by atoms with Gasteiger partial charge in [0.1, 0.15) is 5.56 Å². The van der Waals surface area contributed by atoms with Crippen LogP contribution in [0.5, 0.6) is 0 Å². The number of amides is 1. The number of nitro groups is 1. The second kappa shape index (κ2) is 7.62. The second-order valence-corrected chi connectivity index (χ2v) is 5.95. The number of aromatic amines is 1. The van der Waals surface area contributed by atoms with Crippen molar-refractivity contribution in [3.63, 3.8) is 0 Å². The summed E-state index contributed by atoms with van der Waals surface area (Å²) < 4.78 is 1.36. The molecule has 0 atom stereocenters. The van der Waals surface area contributed by atoms with E-state index in [2.05, 4.69) is 22.5 Å². The normalized spacial score (nSPS) is 11.2. The molecule has 142 valence electrons. The zero-order valence-corrected chi connectivity index (χ0v) is 14.9. The first-order valence-electron chi connectivity index (χ1n) is 8.25. The number of aryl methyl sites for hydroxylation is 1. The number of hydrogen-bond donors (Lipinski definition) is 3. The van der Waals surface area contributed by atoms with E-state index < -0.39 is 10.8 Å². The molecule has 3 N–H and O–H groups in total. The first kappa shape index (κ1) is 18.6. The lowest BCUT2D eigenvalue weighted by Crippen LogP contribution is -2.41. The van der Waals surface area contributed by atoms with Gasteiger partial charge in [0, 0.05) is 12.3 Å². The number of nitro benzene ring substituents is 1. The number of H-pyrrole nitrogens is 1. The van der Waals surface area contributed by atoms with Crippen LogP contribution in [-0.4, -0.2) is 20.6 Å². The molecule has 28 heavy (non-hydrogen) atoms. The fourth-order valence-electron chi connectivity index (χ4n) is 2.69. The average Bonchev–Trinajstić information content (AvgIpc) is 2.96. The summed E-state index contributed by atoms with van der Waals surface area (Å²) in [5.74, 6) is -0.705. The molecule has 0 aliphatic rings. The molecule has 9 heteroatoms. The maximum absolute atomic E-state index is 12.7. The van der Waals surface area contributed by atoms with E-state index in [0.29, 0.717) is 11.0 Å². The van der Waals surface area contributed by atoms with Crippen LogP contribution in [0.2, 0.25) is 0 Å². The highest BCUT2D eigenvalue weighted by Crippen LogP contribution is 2.16. The monoisotopic (exact) mass is 379 g/mol. The maximum atomic E-state index is 12.7. The fraction of sp³-hybridized carbons (Fsp3) is 0.0526. The van der Waals surface area contributed by atoms with Crippen LogP contribution in [0.1, 0.15) is 15.9 Å². The molecular weight excluding hydrogens is 362 g/mol. The fourth-order valence-corrected chi connectivity index (χ4v) is 2.69. The molecule has 0 bridgehead atoms. The van der Waals surface area contributed by atoms with E-state index in [1.54, 1.807) is 6.07 Å². The molecule has 0 aliphatic heterocycles. The lowest BCUT2D eigenvalue weighted by Gasteiger charge is -2.05. The molecule has 9 nitrogen and oxygen atoms in total. The van der Waals surface area contributed by atoms with Gasteiger partial charge >= 0.3 is 0 Å². The highest BCUT2D eigenvalue weighted by atomic mass is 16.6. The number of hydrazine groups is 1. The molecule has 1 aromatic heterocycles. The predicted molar refractivity (Wildman–Crippen MR) is 104 cm³/mol. The first-order valence-corrected chi connectivity index (χ1v) is 8.25. The van der Waals surface area contributed by atoms with Gasteiger partial charge in [0.05, 0.1) is 21.2 Å². The smallest absolute Gasteiger partial charge is 0.282 e. The van der Waals surface area contributed by atoms with E-state index in [0.717, 1.165) is 5.56 Å². The number of hydrogen-bond acceptors (Lipinski definition) is 5. The van der Waals surface area contributed by atoms with Crippen LogP contribution in [-0.2, 0) is 0 Å². The maximum Gasteiger partial charge on any atom is 0.282 e. The number of aromatic nitrogens is 2. The van der Waals surface area contributed by atoms with Gasteiger partial charge in [0.15, 0.2) is 0 Å². The number of carbonyl (C=O) groups excluding carboxylic acids is 1. The van der Waals surface area contributed by atoms with E-state index in [4.69, 9.17) is 0 Å². The number of nitrogens with one attached hydrogen (secondary N) is 3. The summed E-state index contributed by atoms with van der Waals surface area (Å²) in [7, 11) is 0. The van der Waals surface area contributed by atoms with Crippen molar-refractivity contribution in [1.29, 1.82) is 0 Å². The van der Waals surface area contributed by atoms with Gasteiger partial charge in [-0.05, 0) is 24.6 Å². The predicted octanol–water partition coefficient (Wildman–Crippen LogP) is 0.465. The third-order valence-electron chi connectivity index (χ3n) is 4.11. The molecule has 0 unspecified atom stereocenters. The number of para-hydroxylation sites is 2. The van der Waals surface area contributed by atoms with Crippen molar-refractivity contribution in [1.82, 2.24) is 20.6 Å². The molecule has 0 saturated carbocycles. The molecular formula is C19H17N5O4. The summed E-state index contributed by atoms with van der Waals surface area (Å²) in [6.07, 6.45) is 1.28. The standard InChI is InChI=1S/C19H17N5O4/c1-12-7-3-5-9-16(12)23-19(26)15(13(2)22-23)11-20-21-18(25)14-8-4-6-10-17(14)24(27)28/h3-11,20,22H,2H2,1H3,(H,21,25). The molecule has 2 aromatic carbocycles. The van der Waals surface area contributed by atoms with Crippen LogP contribution in [0.15, 0.2) is 53.3 Å². The Morgan fingerprint density at radius 1 is 1.21 bits per heavy atom. The Balaban J connectivity index is 1.86. The SMILES string of the molecule is C=c1[nH]n(-c2ccccc2C)c(=O)c1=CNNC(=O)c1ccccc1[N+](=O)[O-]. The topological polar surface area (TPSA) is 122 Å². The first-order chi connectivity index (χ1) is 13.4. The molecule has 1 heterocycles. The molecule has 1 amide bonds. The zero-order chi connectivity index (χ0) is 20.3. The van der Waals surface area contributed by atoms with E-state index in [9.17, 15) is 19.7 Å². The Labute approximate surface area is 158 Å². The van der Waals surface area contributed by atoms with Gasteiger partial charge in [0.2, 0.25) is 0 Å². The Hall–Kier alpha value is -4.14. The number of nitrogens with zero attached hydrogens (tertiary/aromatic N) is 2. The number of benzene rings is 2. The molecule has 0 fully saturated rings. The summed E-state index contributed by atoms with van der Waals surface area (Å²) in [6, 6.07) is 12.9. The molecule has 0 spiro atoms. The molecule has 0 aliphatic carbocycles. The lowest BCUT2D eigenvalue weighted by molar-refractivity contribution is -0.385. The van der Waals surface area contributed by atoms with Gasteiger partial charge in [-0.2, -0.15) is 0 Å².